The number of benzene rings is 3. The van der Waals surface area contributed by atoms with Crippen LogP contribution < -0.4 is 29.6 Å². The molecule has 2 amide bonds. The van der Waals surface area contributed by atoms with Crippen LogP contribution in [0.25, 0.3) is 10.9 Å². The highest BCUT2D eigenvalue weighted by molar-refractivity contribution is 6.32. The van der Waals surface area contributed by atoms with E-state index in [-0.39, 0.29) is 16.8 Å². The molecule has 1 saturated carbocycles. The molecule has 7 rings (SSSR count). The average molecular weight is 673 g/mol. The number of carbonyl (C=O) groups excluding carboxylic acids is 2. The Bertz CT molecular complexity index is 1820. The van der Waals surface area contributed by atoms with E-state index in [0.29, 0.717) is 83.7 Å². The molecule has 0 radical (unpaired) electrons. The topological polar surface area (TPSA) is 120 Å². The zero-order valence-electron chi connectivity index (χ0n) is 26.7. The van der Waals surface area contributed by atoms with Crippen LogP contribution in [-0.2, 0) is 14.3 Å². The lowest BCUT2D eigenvalue weighted by atomic mass is 10.0. The molecule has 0 unspecified atom stereocenters. The van der Waals surface area contributed by atoms with E-state index >= 15 is 0 Å². The second kappa shape index (κ2) is 13.9. The van der Waals surface area contributed by atoms with Gasteiger partial charge in [0.2, 0.25) is 17.6 Å². The van der Waals surface area contributed by atoms with Gasteiger partial charge in [0.25, 0.3) is 0 Å². The smallest absolute Gasteiger partial charge is 0.240 e. The predicted octanol–water partition coefficient (Wildman–Crippen LogP) is 6.22. The maximum Gasteiger partial charge on any atom is 0.240 e. The van der Waals surface area contributed by atoms with E-state index in [4.69, 9.17) is 35.3 Å². The number of rotatable bonds is 11. The fraction of sp³-hybridized carbons (Fsp3) is 0.361. The first-order valence-corrected chi connectivity index (χ1v) is 16.6. The van der Waals surface area contributed by atoms with E-state index < -0.39 is 5.41 Å². The number of anilines is 2. The van der Waals surface area contributed by atoms with E-state index in [1.54, 1.807) is 30.5 Å². The molecule has 12 heteroatoms. The number of fused-ring (bicyclic) bond motifs is 3. The molecule has 0 spiro atoms. The Morgan fingerprint density at radius 3 is 2.31 bits per heavy atom. The summed E-state index contributed by atoms with van der Waals surface area (Å²) in [6, 6.07) is 16.0. The molecule has 250 valence electrons. The molecule has 1 aromatic heterocycles. The van der Waals surface area contributed by atoms with Crippen molar-refractivity contribution < 1.29 is 33.3 Å². The van der Waals surface area contributed by atoms with E-state index in [0.717, 1.165) is 44.8 Å². The van der Waals surface area contributed by atoms with Crippen LogP contribution in [0.5, 0.6) is 28.7 Å². The predicted molar refractivity (Wildman–Crippen MR) is 182 cm³/mol. The number of pyridine rings is 1. The number of halogens is 1. The van der Waals surface area contributed by atoms with Crippen molar-refractivity contribution in [3.63, 3.8) is 0 Å². The summed E-state index contributed by atoms with van der Waals surface area (Å²) < 4.78 is 30.0. The number of hydrogen-bond donors (Lipinski definition) is 2. The van der Waals surface area contributed by atoms with Gasteiger partial charge < -0.3 is 34.3 Å². The molecule has 11 nitrogen and oxygen atoms in total. The number of hydrogen-bond acceptors (Lipinski definition) is 9. The summed E-state index contributed by atoms with van der Waals surface area (Å²) >= 11 is 6.66. The molecule has 0 bridgehead atoms. The molecular formula is C36H37ClN4O7. The third-order valence-electron chi connectivity index (χ3n) is 8.76. The van der Waals surface area contributed by atoms with Crippen molar-refractivity contribution in [2.24, 2.45) is 5.41 Å². The summed E-state index contributed by atoms with van der Waals surface area (Å²) in [6.07, 6.45) is 3.45. The van der Waals surface area contributed by atoms with Gasteiger partial charge in [-0.05, 0) is 62.6 Å². The van der Waals surface area contributed by atoms with Crippen molar-refractivity contribution >= 4 is 45.7 Å². The molecule has 3 aliphatic rings. The maximum atomic E-state index is 13.2. The summed E-state index contributed by atoms with van der Waals surface area (Å²) in [7, 11) is 0. The third-order valence-corrected chi connectivity index (χ3v) is 9.06. The first kappa shape index (κ1) is 32.0. The van der Waals surface area contributed by atoms with Gasteiger partial charge in [0.05, 0.1) is 35.7 Å². The first-order chi connectivity index (χ1) is 23.4. The minimum atomic E-state index is -1.12. The highest BCUT2D eigenvalue weighted by atomic mass is 35.5. The van der Waals surface area contributed by atoms with E-state index in [9.17, 15) is 9.59 Å². The zero-order valence-corrected chi connectivity index (χ0v) is 27.4. The van der Waals surface area contributed by atoms with E-state index in [1.165, 1.54) is 0 Å². The van der Waals surface area contributed by atoms with Gasteiger partial charge in [0, 0.05) is 43.3 Å². The zero-order chi connectivity index (χ0) is 33.1. The van der Waals surface area contributed by atoms with Gasteiger partial charge in [-0.25, -0.2) is 0 Å². The molecule has 2 aliphatic heterocycles. The van der Waals surface area contributed by atoms with Crippen LogP contribution in [0.15, 0.2) is 60.8 Å². The number of carbonyl (C=O) groups is 2. The van der Waals surface area contributed by atoms with Crippen molar-refractivity contribution in [2.75, 3.05) is 63.3 Å². The SMILES string of the molecule is Cc1ccc(NC(=O)C2(C(=O)Nc3ccc(Oc4ccnc5cc(OCCCN6CCOCC6)c6c(c45)OCCO6)c(Cl)c3)CC2)cc1. The van der Waals surface area contributed by atoms with Crippen LogP contribution in [0.1, 0.15) is 24.8 Å². The lowest BCUT2D eigenvalue weighted by Gasteiger charge is -2.26. The minimum absolute atomic E-state index is 0.276. The highest BCUT2D eigenvalue weighted by Gasteiger charge is 2.56. The molecule has 3 aromatic carbocycles. The van der Waals surface area contributed by atoms with Gasteiger partial charge in [0.15, 0.2) is 11.5 Å². The molecule has 4 aromatic rings. The van der Waals surface area contributed by atoms with Crippen molar-refractivity contribution in [2.45, 2.75) is 26.2 Å². The fourth-order valence-corrected chi connectivity index (χ4v) is 6.08. The second-order valence-electron chi connectivity index (χ2n) is 12.2. The monoisotopic (exact) mass is 672 g/mol. The van der Waals surface area contributed by atoms with Crippen LogP contribution in [-0.4, -0.2) is 74.4 Å². The number of nitrogens with one attached hydrogen (secondary N) is 2. The van der Waals surface area contributed by atoms with Gasteiger partial charge in [-0.3, -0.25) is 19.5 Å². The Hall–Kier alpha value is -4.58. The van der Waals surface area contributed by atoms with Crippen LogP contribution >= 0.6 is 11.6 Å². The summed E-state index contributed by atoms with van der Waals surface area (Å²) in [5, 5.41) is 6.64. The molecule has 2 fully saturated rings. The number of ether oxygens (including phenoxy) is 5. The summed E-state index contributed by atoms with van der Waals surface area (Å²) in [4.78, 5) is 33.2. The van der Waals surface area contributed by atoms with Gasteiger partial charge in [-0.2, -0.15) is 0 Å². The van der Waals surface area contributed by atoms with Gasteiger partial charge in [-0.1, -0.05) is 29.3 Å². The molecular weight excluding hydrogens is 636 g/mol. The molecule has 1 aliphatic carbocycles. The quantitative estimate of drug-likeness (QED) is 0.141. The first-order valence-electron chi connectivity index (χ1n) is 16.2. The number of nitrogens with zero attached hydrogens (tertiary/aromatic N) is 2. The normalized spacial score (nSPS) is 16.6. The number of aryl methyl sites for hydroxylation is 1. The lowest BCUT2D eigenvalue weighted by molar-refractivity contribution is -0.131. The average Bonchev–Trinajstić information content (AvgIpc) is 3.92. The standard InChI is InChI=1S/C36H37ClN4O7/c1-23-3-5-24(6-4-23)39-34(42)36(10-11-36)35(43)40-25-7-8-28(26(37)21-25)48-29-9-12-38-27-22-30(32-33(31(27)29)47-20-19-46-32)45-16-2-13-41-14-17-44-18-15-41/h3-9,12,21-22H,2,10-11,13-20H2,1H3,(H,39,42)(H,40,43). The molecule has 1 saturated heterocycles. The van der Waals surface area contributed by atoms with E-state index in [1.807, 2.05) is 37.3 Å². The molecule has 0 atom stereocenters. The molecule has 3 heterocycles. The highest BCUT2D eigenvalue weighted by Crippen LogP contribution is 2.50. The van der Waals surface area contributed by atoms with Crippen LogP contribution in [0.4, 0.5) is 11.4 Å². The summed E-state index contributed by atoms with van der Waals surface area (Å²) in [5.41, 5.74) is 1.70. The van der Waals surface area contributed by atoms with Gasteiger partial charge >= 0.3 is 0 Å². The Balaban J connectivity index is 1.04. The summed E-state index contributed by atoms with van der Waals surface area (Å²) in [6.45, 7) is 7.59. The second-order valence-corrected chi connectivity index (χ2v) is 12.6. The van der Waals surface area contributed by atoms with Crippen molar-refractivity contribution in [3.8, 4) is 28.7 Å². The van der Waals surface area contributed by atoms with Gasteiger partial charge in [-0.15, -0.1) is 0 Å². The van der Waals surface area contributed by atoms with Crippen molar-refractivity contribution in [1.29, 1.82) is 0 Å². The van der Waals surface area contributed by atoms with Gasteiger partial charge in [0.1, 0.15) is 30.1 Å². The molecule has 48 heavy (non-hydrogen) atoms. The Labute approximate surface area is 283 Å². The Morgan fingerprint density at radius 2 is 1.58 bits per heavy atom. The number of aromatic nitrogens is 1. The Kier molecular flexibility index (Phi) is 9.25. The minimum Gasteiger partial charge on any atom is -0.489 e. The van der Waals surface area contributed by atoms with Crippen molar-refractivity contribution in [3.05, 3.63) is 71.4 Å². The van der Waals surface area contributed by atoms with Crippen LogP contribution in [0, 0.1) is 12.3 Å². The largest absolute Gasteiger partial charge is 0.489 e. The van der Waals surface area contributed by atoms with Crippen LogP contribution in [0.2, 0.25) is 5.02 Å². The summed E-state index contributed by atoms with van der Waals surface area (Å²) in [5.74, 6) is 1.74. The molecule has 2 N–H and O–H groups in total. The fourth-order valence-electron chi connectivity index (χ4n) is 5.86. The van der Waals surface area contributed by atoms with E-state index in [2.05, 4.69) is 20.5 Å². The third kappa shape index (κ3) is 6.85. The maximum absolute atomic E-state index is 13.2. The van der Waals surface area contributed by atoms with Crippen molar-refractivity contribution in [1.82, 2.24) is 9.88 Å². The number of amides is 2. The Morgan fingerprint density at radius 1 is 0.875 bits per heavy atom. The lowest BCUT2D eigenvalue weighted by Crippen LogP contribution is -2.37. The number of morpholine rings is 1. The van der Waals surface area contributed by atoms with Crippen LogP contribution in [0.3, 0.4) is 0 Å².